The average molecular weight is 1270 g/mol. The van der Waals surface area contributed by atoms with Gasteiger partial charge < -0.3 is 20.5 Å². The van der Waals surface area contributed by atoms with Gasteiger partial charge >= 0.3 is 7.12 Å². The molecule has 0 spiro atoms. The Bertz CT molecular complexity index is 4080. The van der Waals surface area contributed by atoms with Gasteiger partial charge in [-0.1, -0.05) is 90.8 Å². The molecule has 0 fully saturated rings. The van der Waals surface area contributed by atoms with Crippen molar-refractivity contribution in [2.24, 2.45) is 0 Å². The fourth-order valence-electron chi connectivity index (χ4n) is 11.5. The van der Waals surface area contributed by atoms with Gasteiger partial charge in [-0.25, -0.2) is 15.0 Å². The third-order valence-corrected chi connectivity index (χ3v) is 21.9. The van der Waals surface area contributed by atoms with E-state index in [-0.39, 0.29) is 0 Å². The van der Waals surface area contributed by atoms with Gasteiger partial charge in [0.25, 0.3) is 0 Å². The summed E-state index contributed by atoms with van der Waals surface area (Å²) in [6.45, 7) is 2.09. The van der Waals surface area contributed by atoms with E-state index in [4.69, 9.17) is 35.5 Å². The van der Waals surface area contributed by atoms with Crippen molar-refractivity contribution in [1.29, 1.82) is 15.8 Å². The number of rotatable bonds is 6. The zero-order chi connectivity index (χ0) is 57.6. The van der Waals surface area contributed by atoms with Crippen molar-refractivity contribution in [2.45, 2.75) is 103 Å². The Balaban J connectivity index is 0.000000120. The minimum Gasteiger partial charge on any atom is -0.497 e. The number of ether oxygens (including phenoxy) is 1. The Morgan fingerprint density at radius 1 is 0.530 bits per heavy atom. The van der Waals surface area contributed by atoms with Gasteiger partial charge in [0.05, 0.1) is 32.5 Å². The van der Waals surface area contributed by atoms with Crippen LogP contribution in [0, 0.1) is 40.9 Å². The number of nitrogens with two attached hydrogens (primary N) is 1. The number of halogens is 1. The lowest BCUT2D eigenvalue weighted by Crippen LogP contribution is -2.29. The van der Waals surface area contributed by atoms with Crippen molar-refractivity contribution in [1.82, 2.24) is 15.0 Å². The molecular weight excluding hydrogens is 1210 g/mol. The number of pyridine rings is 3. The average Bonchev–Trinajstić information content (AvgIpc) is 2.91. The fourth-order valence-corrected chi connectivity index (χ4v) is 17.6. The zero-order valence-electron chi connectivity index (χ0n) is 45.9. The molecule has 416 valence electrons. The molecule has 0 aliphatic heterocycles. The van der Waals surface area contributed by atoms with Crippen molar-refractivity contribution in [3.8, 4) is 65.7 Å². The second kappa shape index (κ2) is 26.5. The molecular formula is C65H57BBrN7O3S6. The number of benzene rings is 2. The Morgan fingerprint density at radius 2 is 0.952 bits per heavy atom. The second-order valence-corrected chi connectivity index (χ2v) is 27.8. The number of hydrogen-bond donors (Lipinski definition) is 3. The predicted octanol–water partition coefficient (Wildman–Crippen LogP) is 17.2. The number of aromatic nitrogens is 3. The summed E-state index contributed by atoms with van der Waals surface area (Å²) in [7, 11) is 0.158. The number of anilines is 1. The summed E-state index contributed by atoms with van der Waals surface area (Å²) >= 11 is 13.5. The highest BCUT2D eigenvalue weighted by Gasteiger charge is 2.28. The van der Waals surface area contributed by atoms with Crippen LogP contribution in [-0.4, -0.2) is 39.2 Å². The van der Waals surface area contributed by atoms with Crippen LogP contribution in [0.4, 0.5) is 5.00 Å². The van der Waals surface area contributed by atoms with Gasteiger partial charge in [-0.15, -0.1) is 56.7 Å². The molecule has 11 aromatic rings. The SMILES string of the molecule is COc1ccc(B(O)O)cc1.Cc1ccc(-c2sc3nc4c(c(-c5cccs5)c3c2C#N)CCCCC4)cc1.N#Cc1c(Br)sc2nc3c(c(-c4cccs4)c12)CCCCC3.N#Cc1c(N)sc2nc3c(c(-c4cccs4)c12)CCCCC3. The number of nitriles is 3. The highest BCUT2D eigenvalue weighted by molar-refractivity contribution is 9.11. The molecule has 0 radical (unpaired) electrons. The number of nitrogens with zero attached hydrogens (tertiary/aromatic N) is 6. The summed E-state index contributed by atoms with van der Waals surface area (Å²) in [5.74, 6) is 0.703. The third kappa shape index (κ3) is 12.2. The Labute approximate surface area is 516 Å². The van der Waals surface area contributed by atoms with Crippen molar-refractivity contribution >= 4 is 132 Å². The lowest BCUT2D eigenvalue weighted by Gasteiger charge is -2.13. The van der Waals surface area contributed by atoms with E-state index in [1.54, 1.807) is 88.1 Å². The first kappa shape index (κ1) is 58.2. The molecule has 4 N–H and O–H groups in total. The summed E-state index contributed by atoms with van der Waals surface area (Å²) in [6.07, 6.45) is 17.3. The van der Waals surface area contributed by atoms with Gasteiger partial charge in [-0.2, -0.15) is 15.8 Å². The van der Waals surface area contributed by atoms with Gasteiger partial charge in [0.2, 0.25) is 0 Å². The van der Waals surface area contributed by atoms with Crippen LogP contribution in [0.15, 0.2) is 105 Å². The molecule has 9 aromatic heterocycles. The highest BCUT2D eigenvalue weighted by atomic mass is 79.9. The Morgan fingerprint density at radius 3 is 1.37 bits per heavy atom. The molecule has 83 heavy (non-hydrogen) atoms. The van der Waals surface area contributed by atoms with Crippen LogP contribution in [0.1, 0.15) is 114 Å². The third-order valence-electron chi connectivity index (χ3n) is 15.5. The molecule has 0 saturated heterocycles. The number of fused-ring (bicyclic) bond motifs is 6. The molecule has 18 heteroatoms. The minimum absolute atomic E-state index is 0.464. The monoisotopic (exact) mass is 1270 g/mol. The second-order valence-electron chi connectivity index (χ2n) is 20.6. The Hall–Kier alpha value is -6.60. The first-order valence-electron chi connectivity index (χ1n) is 27.8. The van der Waals surface area contributed by atoms with Gasteiger partial charge in [0.1, 0.15) is 43.4 Å². The number of hydrogen-bond acceptors (Lipinski definition) is 16. The van der Waals surface area contributed by atoms with E-state index >= 15 is 0 Å². The number of aryl methyl sites for hydroxylation is 4. The maximum Gasteiger partial charge on any atom is 0.488 e. The topological polar surface area (TPSA) is 186 Å². The van der Waals surface area contributed by atoms with Crippen LogP contribution >= 0.6 is 84.0 Å². The van der Waals surface area contributed by atoms with E-state index in [0.717, 1.165) is 94.5 Å². The number of thiophene rings is 6. The molecule has 2 aromatic carbocycles. The van der Waals surface area contributed by atoms with Crippen LogP contribution in [-0.2, 0) is 38.5 Å². The molecule has 10 nitrogen and oxygen atoms in total. The molecule has 0 bridgehead atoms. The van der Waals surface area contributed by atoms with E-state index in [1.807, 2.05) is 0 Å². The zero-order valence-corrected chi connectivity index (χ0v) is 52.4. The van der Waals surface area contributed by atoms with Gasteiger partial charge in [0, 0.05) is 64.6 Å². The summed E-state index contributed by atoms with van der Waals surface area (Å²) in [5.41, 5.74) is 22.5. The van der Waals surface area contributed by atoms with Crippen LogP contribution in [0.25, 0.3) is 72.4 Å². The lowest BCUT2D eigenvalue weighted by molar-refractivity contribution is 0.414. The van der Waals surface area contributed by atoms with Crippen LogP contribution < -0.4 is 15.9 Å². The standard InChI is InChI=1S/C24H20N2S2.C17H13BrN2S2.C17H15N3S2.C7H9BO3/c1-15-9-11-16(12-10-15)23-18(14-25)22-21(20-8-5-13-27-20)17-6-3-2-4-7-19(17)26-24(22)28-23;18-16-11(9-19)15-14(13-7-4-8-21-13)10-5-2-1-3-6-12(10)20-17(15)22-16;18-9-11-15-14(13-7-4-8-21-13)10-5-2-1-3-6-12(10)20-17(15)22-16(11)19;1-11-7-4-2-6(3-5-7)8(9)10/h5,8-13H,2-4,6-7H2,1H3;4,7-8H,1-3,5-6H2;4,7-8H,1-3,5-6,19H2;2-5,9-10H,1H3. The molecule has 3 aliphatic carbocycles. The van der Waals surface area contributed by atoms with Crippen LogP contribution in [0.3, 0.4) is 0 Å². The minimum atomic E-state index is -1.40. The first-order valence-corrected chi connectivity index (χ1v) is 33.7. The summed E-state index contributed by atoms with van der Waals surface area (Å²) in [4.78, 5) is 22.6. The normalized spacial score (nSPS) is 13.6. The highest BCUT2D eigenvalue weighted by Crippen LogP contribution is 2.48. The van der Waals surface area contributed by atoms with E-state index in [2.05, 4.69) is 118 Å². The smallest absolute Gasteiger partial charge is 0.488 e. The van der Waals surface area contributed by atoms with Gasteiger partial charge in [-0.3, -0.25) is 0 Å². The molecule has 0 unspecified atom stereocenters. The van der Waals surface area contributed by atoms with Crippen molar-refractivity contribution in [3.63, 3.8) is 0 Å². The van der Waals surface area contributed by atoms with Crippen LogP contribution in [0.2, 0.25) is 0 Å². The number of nitrogen functional groups attached to an aromatic ring is 1. The molecule has 0 atom stereocenters. The molecule has 0 saturated carbocycles. The molecule has 0 amide bonds. The Kier molecular flexibility index (Phi) is 18.6. The van der Waals surface area contributed by atoms with Gasteiger partial charge in [0.15, 0.2) is 0 Å². The predicted molar refractivity (Wildman–Crippen MR) is 352 cm³/mol. The maximum atomic E-state index is 10.1. The van der Waals surface area contributed by atoms with E-state index in [0.29, 0.717) is 21.8 Å². The first-order chi connectivity index (χ1) is 40.6. The summed E-state index contributed by atoms with van der Waals surface area (Å²) in [6, 6.07) is 35.0. The van der Waals surface area contributed by atoms with E-state index in [9.17, 15) is 15.8 Å². The van der Waals surface area contributed by atoms with Crippen molar-refractivity contribution in [2.75, 3.05) is 12.8 Å². The summed E-state index contributed by atoms with van der Waals surface area (Å²) < 4.78 is 5.78. The van der Waals surface area contributed by atoms with E-state index < -0.39 is 7.12 Å². The lowest BCUT2D eigenvalue weighted by atomic mass is 9.80. The largest absolute Gasteiger partial charge is 0.497 e. The quantitative estimate of drug-likeness (QED) is 0.107. The van der Waals surface area contributed by atoms with Crippen LogP contribution in [0.5, 0.6) is 5.75 Å². The fraction of sp³-hybridized carbons (Fsp3) is 0.262. The molecule has 14 rings (SSSR count). The maximum absolute atomic E-state index is 10.1. The van der Waals surface area contributed by atoms with E-state index in [1.165, 1.54) is 140 Å². The molecule has 9 heterocycles. The van der Waals surface area contributed by atoms with Crippen molar-refractivity contribution < 1.29 is 14.8 Å². The van der Waals surface area contributed by atoms with Crippen molar-refractivity contribution in [3.05, 3.63) is 161 Å². The summed E-state index contributed by atoms with van der Waals surface area (Å²) in [5, 5.41) is 56.7. The molecule has 3 aliphatic rings. The van der Waals surface area contributed by atoms with Gasteiger partial charge in [-0.05, 0) is 174 Å². The number of methoxy groups -OCH3 is 1.